The number of anilines is 1. The molecule has 4 rings (SSSR count). The van der Waals surface area contributed by atoms with Crippen molar-refractivity contribution < 1.29 is 9.59 Å². The van der Waals surface area contributed by atoms with Crippen LogP contribution in [0.15, 0.2) is 42.9 Å². The maximum absolute atomic E-state index is 12.0. The van der Waals surface area contributed by atoms with E-state index in [-0.39, 0.29) is 17.5 Å². The average Bonchev–Trinajstić information content (AvgIpc) is 3.43. The number of halogens is 1. The molecule has 2 amide bonds. The molecule has 142 valence electrons. The summed E-state index contributed by atoms with van der Waals surface area (Å²) in [5.74, 6) is 0.361. The fourth-order valence-corrected chi connectivity index (χ4v) is 3.22. The molecule has 7 nitrogen and oxygen atoms in total. The molecular weight excluding hydrogens is 378 g/mol. The summed E-state index contributed by atoms with van der Waals surface area (Å²) in [4.78, 5) is 32.6. The Morgan fingerprint density at radius 3 is 2.75 bits per heavy atom. The Labute approximate surface area is 166 Å². The topological polar surface area (TPSA) is 103 Å². The lowest BCUT2D eigenvalue weighted by atomic mass is 10.1. The first-order valence-electron chi connectivity index (χ1n) is 8.85. The predicted molar refractivity (Wildman–Crippen MR) is 106 cm³/mol. The van der Waals surface area contributed by atoms with E-state index in [0.717, 1.165) is 29.5 Å². The average molecular weight is 396 g/mol. The first-order valence-corrected chi connectivity index (χ1v) is 9.23. The van der Waals surface area contributed by atoms with E-state index >= 15 is 0 Å². The number of nitrogens with one attached hydrogen (secondary N) is 1. The highest BCUT2D eigenvalue weighted by Crippen LogP contribution is 2.32. The zero-order chi connectivity index (χ0) is 19.8. The summed E-state index contributed by atoms with van der Waals surface area (Å²) in [6, 6.07) is 6.88. The Balaban J connectivity index is 1.77. The van der Waals surface area contributed by atoms with Crippen LogP contribution < -0.4 is 11.1 Å². The van der Waals surface area contributed by atoms with Gasteiger partial charge in [-0.15, -0.1) is 0 Å². The lowest BCUT2D eigenvalue weighted by Gasteiger charge is -2.08. The molecule has 0 radical (unpaired) electrons. The Morgan fingerprint density at radius 2 is 2.07 bits per heavy atom. The van der Waals surface area contributed by atoms with Crippen LogP contribution in [0.3, 0.4) is 0 Å². The van der Waals surface area contributed by atoms with E-state index in [9.17, 15) is 9.59 Å². The van der Waals surface area contributed by atoms with E-state index in [1.165, 1.54) is 0 Å². The van der Waals surface area contributed by atoms with Crippen LogP contribution in [0.1, 0.15) is 28.9 Å². The van der Waals surface area contributed by atoms with Crippen molar-refractivity contribution in [3.63, 3.8) is 0 Å². The lowest BCUT2D eigenvalue weighted by molar-refractivity contribution is -0.117. The third-order valence-corrected chi connectivity index (χ3v) is 4.95. The molecule has 28 heavy (non-hydrogen) atoms. The van der Waals surface area contributed by atoms with Crippen molar-refractivity contribution >= 4 is 29.2 Å². The molecule has 0 bridgehead atoms. The van der Waals surface area contributed by atoms with Gasteiger partial charge in [-0.2, -0.15) is 0 Å². The van der Waals surface area contributed by atoms with Gasteiger partial charge in [-0.3, -0.25) is 14.2 Å². The minimum atomic E-state index is -0.595. The number of carbonyl (C=O) groups excluding carboxylic acids is 2. The van der Waals surface area contributed by atoms with E-state index in [4.69, 9.17) is 17.3 Å². The Kier molecular flexibility index (Phi) is 4.60. The van der Waals surface area contributed by atoms with Crippen molar-refractivity contribution in [1.82, 2.24) is 14.5 Å². The minimum Gasteiger partial charge on any atom is -0.364 e. The van der Waals surface area contributed by atoms with E-state index in [1.54, 1.807) is 47.4 Å². The molecule has 3 aromatic heterocycles. The molecule has 3 N–H and O–H groups in total. The van der Waals surface area contributed by atoms with E-state index in [2.05, 4.69) is 15.3 Å². The molecule has 0 spiro atoms. The van der Waals surface area contributed by atoms with Gasteiger partial charge in [0, 0.05) is 30.1 Å². The van der Waals surface area contributed by atoms with Gasteiger partial charge in [0.25, 0.3) is 5.91 Å². The van der Waals surface area contributed by atoms with Gasteiger partial charge in [0.1, 0.15) is 11.5 Å². The molecule has 3 heterocycles. The van der Waals surface area contributed by atoms with Crippen LogP contribution >= 0.6 is 11.6 Å². The third-order valence-electron chi connectivity index (χ3n) is 4.65. The van der Waals surface area contributed by atoms with Gasteiger partial charge < -0.3 is 11.1 Å². The highest BCUT2D eigenvalue weighted by Gasteiger charge is 2.30. The molecule has 0 aliphatic heterocycles. The van der Waals surface area contributed by atoms with Crippen LogP contribution in [0, 0.1) is 12.8 Å². The highest BCUT2D eigenvalue weighted by atomic mass is 35.5. The van der Waals surface area contributed by atoms with Crippen molar-refractivity contribution in [3.8, 4) is 16.9 Å². The Morgan fingerprint density at radius 1 is 1.29 bits per heavy atom. The van der Waals surface area contributed by atoms with Crippen molar-refractivity contribution in [2.24, 2.45) is 11.7 Å². The van der Waals surface area contributed by atoms with Gasteiger partial charge in [0.2, 0.25) is 5.91 Å². The van der Waals surface area contributed by atoms with Crippen LogP contribution in [0.5, 0.6) is 0 Å². The number of nitrogens with two attached hydrogens (primary N) is 1. The maximum atomic E-state index is 12.0. The molecule has 0 aromatic carbocycles. The number of pyridine rings is 2. The number of aryl methyl sites for hydroxylation is 1. The predicted octanol–water partition coefficient (Wildman–Crippen LogP) is 3.34. The quantitative estimate of drug-likeness (QED) is 0.691. The van der Waals surface area contributed by atoms with E-state index < -0.39 is 5.91 Å². The van der Waals surface area contributed by atoms with Crippen molar-refractivity contribution in [1.29, 1.82) is 0 Å². The fourth-order valence-electron chi connectivity index (χ4n) is 3.01. The number of hydrogen-bond acceptors (Lipinski definition) is 4. The summed E-state index contributed by atoms with van der Waals surface area (Å²) < 4.78 is 1.57. The lowest BCUT2D eigenvalue weighted by Crippen LogP contribution is -2.16. The van der Waals surface area contributed by atoms with Crippen LogP contribution in [0.2, 0.25) is 5.02 Å². The molecule has 1 fully saturated rings. The van der Waals surface area contributed by atoms with Crippen LogP contribution in [0.4, 0.5) is 5.82 Å². The molecule has 8 heteroatoms. The van der Waals surface area contributed by atoms with Gasteiger partial charge in [-0.1, -0.05) is 11.6 Å². The number of carbonyl (C=O) groups is 2. The Bertz CT molecular complexity index is 1090. The Hall–Kier alpha value is -3.19. The van der Waals surface area contributed by atoms with Gasteiger partial charge in [-0.25, -0.2) is 9.97 Å². The number of aromatic nitrogens is 3. The molecule has 3 aromatic rings. The molecule has 1 aliphatic carbocycles. The molecule has 0 unspecified atom stereocenters. The SMILES string of the molecule is Cc1cnc(NC(=O)C2CC2)cc1-c1cc(C(N)=O)n(-c2ncccc2Cl)c1. The second kappa shape index (κ2) is 7.09. The van der Waals surface area contributed by atoms with Gasteiger partial charge in [0.15, 0.2) is 5.82 Å². The van der Waals surface area contributed by atoms with Crippen molar-refractivity contribution in [2.45, 2.75) is 19.8 Å². The standard InChI is InChI=1S/C20H18ClN5O2/c1-11-9-24-17(25-20(28)12-4-5-12)8-14(11)13-7-16(18(22)27)26(10-13)19-15(21)3-2-6-23-19/h2-3,6-10,12H,4-5H2,1H3,(H2,22,27)(H,24,25,28). The smallest absolute Gasteiger partial charge is 0.265 e. The number of amides is 2. The summed E-state index contributed by atoms with van der Waals surface area (Å²) in [6.07, 6.45) is 6.87. The number of hydrogen-bond donors (Lipinski definition) is 2. The van der Waals surface area contributed by atoms with Gasteiger partial charge in [-0.05, 0) is 55.2 Å². The molecule has 0 atom stereocenters. The van der Waals surface area contributed by atoms with Gasteiger partial charge in [0.05, 0.1) is 5.02 Å². The van der Waals surface area contributed by atoms with Gasteiger partial charge >= 0.3 is 0 Å². The fraction of sp³-hybridized carbons (Fsp3) is 0.200. The summed E-state index contributed by atoms with van der Waals surface area (Å²) >= 11 is 6.25. The summed E-state index contributed by atoms with van der Waals surface area (Å²) in [6.45, 7) is 1.91. The van der Waals surface area contributed by atoms with Crippen molar-refractivity contribution in [3.05, 3.63) is 59.1 Å². The molecule has 0 saturated heterocycles. The van der Waals surface area contributed by atoms with Crippen LogP contribution in [0.25, 0.3) is 16.9 Å². The zero-order valence-electron chi connectivity index (χ0n) is 15.1. The van der Waals surface area contributed by atoms with Crippen LogP contribution in [-0.4, -0.2) is 26.3 Å². The number of primary amides is 1. The first kappa shape index (κ1) is 18.2. The first-order chi connectivity index (χ1) is 13.4. The second-order valence-corrected chi connectivity index (χ2v) is 7.21. The highest BCUT2D eigenvalue weighted by molar-refractivity contribution is 6.32. The number of rotatable bonds is 5. The monoisotopic (exact) mass is 395 g/mol. The minimum absolute atomic E-state index is 0.0158. The normalized spacial score (nSPS) is 13.4. The maximum Gasteiger partial charge on any atom is 0.265 e. The summed E-state index contributed by atoms with van der Waals surface area (Å²) in [5.41, 5.74) is 8.30. The second-order valence-electron chi connectivity index (χ2n) is 6.81. The van der Waals surface area contributed by atoms with Crippen molar-refractivity contribution in [2.75, 3.05) is 5.32 Å². The third kappa shape index (κ3) is 3.48. The van der Waals surface area contributed by atoms with E-state index in [1.807, 2.05) is 6.92 Å². The van der Waals surface area contributed by atoms with Crippen LogP contribution in [-0.2, 0) is 4.79 Å². The zero-order valence-corrected chi connectivity index (χ0v) is 15.9. The largest absolute Gasteiger partial charge is 0.364 e. The number of nitrogens with zero attached hydrogens (tertiary/aromatic N) is 3. The molecule has 1 aliphatic rings. The molecular formula is C20H18ClN5O2. The van der Waals surface area contributed by atoms with E-state index in [0.29, 0.717) is 16.7 Å². The molecule has 1 saturated carbocycles. The summed E-state index contributed by atoms with van der Waals surface area (Å²) in [5, 5.41) is 3.24. The summed E-state index contributed by atoms with van der Waals surface area (Å²) in [7, 11) is 0.